The average molecular weight is 473 g/mol. The lowest BCUT2D eigenvalue weighted by atomic mass is 10.0. The third-order valence-corrected chi connectivity index (χ3v) is 5.91. The fourth-order valence-electron chi connectivity index (χ4n) is 3.80. The number of rotatable bonds is 5. The van der Waals surface area contributed by atoms with E-state index >= 15 is 0 Å². The van der Waals surface area contributed by atoms with Crippen LogP contribution in [0.25, 0.3) is 0 Å². The molecule has 30 heavy (non-hydrogen) atoms. The summed E-state index contributed by atoms with van der Waals surface area (Å²) in [6.07, 6.45) is -0.470. The zero-order valence-corrected chi connectivity index (χ0v) is 18.0. The Morgan fingerprint density at radius 3 is 2.60 bits per heavy atom. The molecule has 7 nitrogen and oxygen atoms in total. The first kappa shape index (κ1) is 20.4. The highest BCUT2D eigenvalue weighted by Crippen LogP contribution is 2.32. The van der Waals surface area contributed by atoms with E-state index in [-0.39, 0.29) is 31.3 Å². The topological polar surface area (TPSA) is 76.2 Å². The van der Waals surface area contributed by atoms with Crippen molar-refractivity contribution in [2.24, 2.45) is 0 Å². The van der Waals surface area contributed by atoms with Gasteiger partial charge in [0.05, 0.1) is 20.2 Å². The predicted molar refractivity (Wildman–Crippen MR) is 112 cm³/mol. The maximum Gasteiger partial charge on any atom is 0.411 e. The molecule has 2 atom stereocenters. The van der Waals surface area contributed by atoms with Crippen molar-refractivity contribution in [3.63, 3.8) is 0 Å². The van der Waals surface area contributed by atoms with E-state index in [1.165, 1.54) is 9.80 Å². The number of benzene rings is 2. The maximum atomic E-state index is 13.1. The van der Waals surface area contributed by atoms with Crippen molar-refractivity contribution in [3.05, 3.63) is 64.1 Å². The van der Waals surface area contributed by atoms with Crippen LogP contribution in [0.15, 0.2) is 53.0 Å². The third kappa shape index (κ3) is 4.05. The molecule has 156 valence electrons. The van der Waals surface area contributed by atoms with Gasteiger partial charge < -0.3 is 9.47 Å². The van der Waals surface area contributed by atoms with Gasteiger partial charge in [0.15, 0.2) is 0 Å². The number of nitrogens with zero attached hydrogens (tertiary/aromatic N) is 2. The molecule has 2 aliphatic heterocycles. The predicted octanol–water partition coefficient (Wildman–Crippen LogP) is 3.67. The second-order valence-corrected chi connectivity index (χ2v) is 8.22. The first-order chi connectivity index (χ1) is 14.5. The number of cyclic esters (lactones) is 1. The highest BCUT2D eigenvalue weighted by Gasteiger charge is 2.44. The second kappa shape index (κ2) is 8.47. The van der Waals surface area contributed by atoms with E-state index in [0.29, 0.717) is 12.2 Å². The lowest BCUT2D eigenvalue weighted by Gasteiger charge is -2.34. The van der Waals surface area contributed by atoms with E-state index in [1.54, 1.807) is 19.2 Å². The van der Waals surface area contributed by atoms with E-state index in [9.17, 15) is 14.4 Å². The minimum Gasteiger partial charge on any atom is -0.497 e. The second-order valence-electron chi connectivity index (χ2n) is 7.30. The zero-order chi connectivity index (χ0) is 21.3. The molecule has 3 amide bonds. The van der Waals surface area contributed by atoms with E-state index in [4.69, 9.17) is 9.47 Å². The van der Waals surface area contributed by atoms with Crippen LogP contribution < -0.4 is 4.74 Å². The number of piperidine rings is 1. The number of halogens is 1. The molecule has 0 saturated carbocycles. The first-order valence-electron chi connectivity index (χ1n) is 9.66. The Bertz CT molecular complexity index is 978. The van der Waals surface area contributed by atoms with Crippen molar-refractivity contribution < 1.29 is 23.9 Å². The number of carbonyl (C=O) groups is 3. The van der Waals surface area contributed by atoms with Gasteiger partial charge in [0.25, 0.3) is 5.91 Å². The SMILES string of the molecule is COc1ccc(CN2C(=O)CC[C@@H](N3C[C@H](c4cccc(Br)c4)OC3=O)C2=O)cc1. The van der Waals surface area contributed by atoms with Crippen molar-refractivity contribution >= 4 is 33.8 Å². The summed E-state index contributed by atoms with van der Waals surface area (Å²) in [4.78, 5) is 40.8. The maximum absolute atomic E-state index is 13.1. The van der Waals surface area contributed by atoms with Crippen LogP contribution in [0.5, 0.6) is 5.75 Å². The van der Waals surface area contributed by atoms with Crippen molar-refractivity contribution in [1.82, 2.24) is 9.80 Å². The fraction of sp³-hybridized carbons (Fsp3) is 0.318. The zero-order valence-electron chi connectivity index (χ0n) is 16.4. The first-order valence-corrected chi connectivity index (χ1v) is 10.5. The summed E-state index contributed by atoms with van der Waals surface area (Å²) in [6, 6.07) is 14.0. The van der Waals surface area contributed by atoms with E-state index < -0.39 is 18.2 Å². The van der Waals surface area contributed by atoms with Gasteiger partial charge in [-0.25, -0.2) is 4.79 Å². The largest absolute Gasteiger partial charge is 0.497 e. The van der Waals surface area contributed by atoms with Crippen LogP contribution in [0, 0.1) is 0 Å². The minimum atomic E-state index is -0.703. The van der Waals surface area contributed by atoms with Crippen LogP contribution >= 0.6 is 15.9 Å². The van der Waals surface area contributed by atoms with Gasteiger partial charge in [-0.2, -0.15) is 0 Å². The van der Waals surface area contributed by atoms with Gasteiger partial charge >= 0.3 is 6.09 Å². The molecule has 0 N–H and O–H groups in total. The molecular weight excluding hydrogens is 452 g/mol. The molecule has 0 aliphatic carbocycles. The highest BCUT2D eigenvalue weighted by atomic mass is 79.9. The van der Waals surface area contributed by atoms with Crippen molar-refractivity contribution in [1.29, 1.82) is 0 Å². The Labute approximate surface area is 182 Å². The van der Waals surface area contributed by atoms with Crippen LogP contribution in [0.4, 0.5) is 4.79 Å². The Hall–Kier alpha value is -2.87. The molecule has 2 aliphatic rings. The van der Waals surface area contributed by atoms with Crippen molar-refractivity contribution in [3.8, 4) is 5.75 Å². The van der Waals surface area contributed by atoms with Gasteiger partial charge in [-0.3, -0.25) is 19.4 Å². The van der Waals surface area contributed by atoms with E-state index in [0.717, 1.165) is 15.6 Å². The number of methoxy groups -OCH3 is 1. The standard InChI is InChI=1S/C22H21BrN2O5/c1-29-17-7-5-14(6-8-17)12-25-20(26)10-9-18(21(25)27)24-13-19(30-22(24)28)15-3-2-4-16(23)11-15/h2-8,11,18-19H,9-10,12-13H2,1H3/t18-,19-/m1/s1. The average Bonchev–Trinajstić information content (AvgIpc) is 3.13. The summed E-state index contributed by atoms with van der Waals surface area (Å²) in [7, 11) is 1.58. The van der Waals surface area contributed by atoms with Crippen molar-refractivity contribution in [2.45, 2.75) is 31.5 Å². The molecule has 0 unspecified atom stereocenters. The normalized spacial score (nSPS) is 21.7. The molecule has 8 heteroatoms. The van der Waals surface area contributed by atoms with Gasteiger partial charge in [0.1, 0.15) is 17.9 Å². The summed E-state index contributed by atoms with van der Waals surface area (Å²) >= 11 is 3.42. The third-order valence-electron chi connectivity index (χ3n) is 5.42. The monoisotopic (exact) mass is 472 g/mol. The van der Waals surface area contributed by atoms with Gasteiger partial charge in [-0.05, 0) is 41.8 Å². The van der Waals surface area contributed by atoms with Crippen LogP contribution in [0.3, 0.4) is 0 Å². The summed E-state index contributed by atoms with van der Waals surface area (Å²) in [5.74, 6) is 0.100. The Morgan fingerprint density at radius 2 is 1.90 bits per heavy atom. The highest BCUT2D eigenvalue weighted by molar-refractivity contribution is 9.10. The quantitative estimate of drug-likeness (QED) is 0.620. The van der Waals surface area contributed by atoms with Gasteiger partial charge in [-0.15, -0.1) is 0 Å². The summed E-state index contributed by atoms with van der Waals surface area (Å²) < 4.78 is 11.6. The molecule has 0 bridgehead atoms. The molecule has 2 aromatic carbocycles. The smallest absolute Gasteiger partial charge is 0.411 e. The number of likely N-dealkylation sites (tertiary alicyclic amines) is 1. The van der Waals surface area contributed by atoms with E-state index in [2.05, 4.69) is 15.9 Å². The number of ether oxygens (including phenoxy) is 2. The van der Waals surface area contributed by atoms with Crippen LogP contribution in [-0.2, 0) is 20.9 Å². The molecule has 2 fully saturated rings. The molecular formula is C22H21BrN2O5. The number of hydrogen-bond donors (Lipinski definition) is 0. The van der Waals surface area contributed by atoms with Crippen LogP contribution in [0.2, 0.25) is 0 Å². The Kier molecular flexibility index (Phi) is 5.76. The van der Waals surface area contributed by atoms with Crippen molar-refractivity contribution in [2.75, 3.05) is 13.7 Å². The minimum absolute atomic E-state index is 0.163. The molecule has 2 aromatic rings. The Morgan fingerprint density at radius 1 is 1.13 bits per heavy atom. The summed E-state index contributed by atoms with van der Waals surface area (Å²) in [5, 5.41) is 0. The number of hydrogen-bond acceptors (Lipinski definition) is 5. The fourth-order valence-corrected chi connectivity index (χ4v) is 4.22. The number of carbonyl (C=O) groups excluding carboxylic acids is 3. The van der Waals surface area contributed by atoms with Crippen LogP contribution in [0.1, 0.15) is 30.1 Å². The molecule has 2 heterocycles. The van der Waals surface area contributed by atoms with Gasteiger partial charge in [0, 0.05) is 10.9 Å². The van der Waals surface area contributed by atoms with E-state index in [1.807, 2.05) is 36.4 Å². The Balaban J connectivity index is 1.49. The molecule has 0 aromatic heterocycles. The lowest BCUT2D eigenvalue weighted by Crippen LogP contribution is -2.54. The number of amides is 3. The molecule has 0 radical (unpaired) electrons. The summed E-state index contributed by atoms with van der Waals surface area (Å²) in [6.45, 7) is 0.437. The number of imide groups is 1. The molecule has 0 spiro atoms. The molecule has 4 rings (SSSR count). The lowest BCUT2D eigenvalue weighted by molar-refractivity contribution is -0.152. The molecule has 2 saturated heterocycles. The van der Waals surface area contributed by atoms with Gasteiger partial charge in [0.2, 0.25) is 5.91 Å². The van der Waals surface area contributed by atoms with Gasteiger partial charge in [-0.1, -0.05) is 40.2 Å². The van der Waals surface area contributed by atoms with Crippen LogP contribution in [-0.4, -0.2) is 47.4 Å². The summed E-state index contributed by atoms with van der Waals surface area (Å²) in [5.41, 5.74) is 1.67.